The summed E-state index contributed by atoms with van der Waals surface area (Å²) in [6.07, 6.45) is -6.34. The SMILES string of the molecule is O=C(Nc1ccccc1F)C(F)(F)C1(F)OC(F)(F)C(F)(F)C1(F)F. The molecule has 0 saturated carbocycles. The van der Waals surface area contributed by atoms with Crippen LogP contribution in [0.25, 0.3) is 0 Å². The van der Waals surface area contributed by atoms with Crippen LogP contribution in [-0.4, -0.2) is 35.6 Å². The molecule has 1 atom stereocenters. The molecular weight excluding hydrogens is 380 g/mol. The third-order valence-electron chi connectivity index (χ3n) is 3.24. The molecule has 1 aromatic rings. The van der Waals surface area contributed by atoms with Crippen molar-refractivity contribution in [2.24, 2.45) is 0 Å². The van der Waals surface area contributed by atoms with Gasteiger partial charge in [-0.1, -0.05) is 12.1 Å². The number of para-hydroxylation sites is 1. The Balaban J connectivity index is 2.44. The normalized spacial score (nSPS) is 27.1. The molecule has 1 N–H and O–H groups in total. The second-order valence-corrected chi connectivity index (χ2v) is 4.87. The van der Waals surface area contributed by atoms with Crippen molar-refractivity contribution in [3.63, 3.8) is 0 Å². The molecule has 1 saturated heterocycles. The van der Waals surface area contributed by atoms with Gasteiger partial charge in [0.15, 0.2) is 0 Å². The molecule has 0 bridgehead atoms. The van der Waals surface area contributed by atoms with Gasteiger partial charge in [0.2, 0.25) is 0 Å². The molecule has 0 radical (unpaired) electrons. The van der Waals surface area contributed by atoms with Gasteiger partial charge in [0, 0.05) is 0 Å². The van der Waals surface area contributed by atoms with Gasteiger partial charge in [0.05, 0.1) is 5.69 Å². The van der Waals surface area contributed by atoms with Gasteiger partial charge in [0.1, 0.15) is 5.82 Å². The van der Waals surface area contributed by atoms with Gasteiger partial charge in [-0.05, 0) is 12.1 Å². The van der Waals surface area contributed by atoms with Gasteiger partial charge in [-0.15, -0.1) is 0 Å². The fourth-order valence-electron chi connectivity index (χ4n) is 1.86. The Morgan fingerprint density at radius 3 is 1.92 bits per heavy atom. The summed E-state index contributed by atoms with van der Waals surface area (Å²) in [5.74, 6) is -30.6. The summed E-state index contributed by atoms with van der Waals surface area (Å²) in [5, 5.41) is 0.938. The van der Waals surface area contributed by atoms with Gasteiger partial charge in [-0.3, -0.25) is 9.53 Å². The Hall–Kier alpha value is -2.05. The maximum Gasteiger partial charge on any atom is 0.428 e. The predicted molar refractivity (Wildman–Crippen MR) is 59.7 cm³/mol. The molecule has 0 aliphatic carbocycles. The Bertz CT molecular complexity index is 707. The molecule has 1 aliphatic heterocycles. The van der Waals surface area contributed by atoms with Crippen molar-refractivity contribution < 1.29 is 53.4 Å². The molecule has 1 unspecified atom stereocenters. The maximum atomic E-state index is 13.9. The van der Waals surface area contributed by atoms with E-state index < -0.39 is 47.1 Å². The molecule has 1 aromatic carbocycles. The highest BCUT2D eigenvalue weighted by atomic mass is 19.4. The second kappa shape index (κ2) is 5.22. The van der Waals surface area contributed by atoms with Crippen molar-refractivity contribution in [2.45, 2.75) is 29.7 Å². The van der Waals surface area contributed by atoms with Crippen LogP contribution in [0.15, 0.2) is 24.3 Å². The Morgan fingerprint density at radius 2 is 1.48 bits per heavy atom. The highest BCUT2D eigenvalue weighted by molar-refractivity contribution is 5.97. The van der Waals surface area contributed by atoms with E-state index >= 15 is 0 Å². The summed E-state index contributed by atoms with van der Waals surface area (Å²) in [5.41, 5.74) is -1.07. The molecule has 25 heavy (non-hydrogen) atoms. The van der Waals surface area contributed by atoms with E-state index in [-0.39, 0.29) is 0 Å². The summed E-state index contributed by atoms with van der Waals surface area (Å²) in [6, 6.07) is 3.24. The summed E-state index contributed by atoms with van der Waals surface area (Å²) in [6.45, 7) is 0. The van der Waals surface area contributed by atoms with Crippen molar-refractivity contribution in [2.75, 3.05) is 5.32 Å². The van der Waals surface area contributed by atoms with Crippen LogP contribution < -0.4 is 5.32 Å². The largest absolute Gasteiger partial charge is 0.428 e. The number of hydrogen-bond acceptors (Lipinski definition) is 2. The van der Waals surface area contributed by atoms with Crippen molar-refractivity contribution in [1.82, 2.24) is 0 Å². The van der Waals surface area contributed by atoms with Crippen LogP contribution in [0.4, 0.5) is 49.6 Å². The lowest BCUT2D eigenvalue weighted by Crippen LogP contribution is -2.63. The number of nitrogens with one attached hydrogen (secondary N) is 1. The maximum absolute atomic E-state index is 13.9. The average Bonchev–Trinajstić information content (AvgIpc) is 2.57. The number of anilines is 1. The first kappa shape index (κ1) is 19.3. The topological polar surface area (TPSA) is 38.3 Å². The average molecular weight is 385 g/mol. The van der Waals surface area contributed by atoms with Gasteiger partial charge in [-0.25, -0.2) is 4.39 Å². The number of halogens is 10. The zero-order chi connectivity index (χ0) is 19.5. The standard InChI is InChI=1S/C12H5F10NO2/c13-5-3-1-2-4-6(5)23-7(24)8(14,15)11(20)9(16,17)10(18,19)12(21,22)25-11/h1-4H,(H,23,24). The van der Waals surface area contributed by atoms with Crippen molar-refractivity contribution in [1.29, 1.82) is 0 Å². The molecule has 1 aliphatic rings. The van der Waals surface area contributed by atoms with Crippen LogP contribution in [0.5, 0.6) is 0 Å². The van der Waals surface area contributed by atoms with E-state index in [0.29, 0.717) is 12.1 Å². The zero-order valence-electron chi connectivity index (χ0n) is 11.4. The Morgan fingerprint density at radius 1 is 0.960 bits per heavy atom. The minimum atomic E-state index is -6.79. The van der Waals surface area contributed by atoms with Crippen LogP contribution in [0, 0.1) is 5.82 Å². The van der Waals surface area contributed by atoms with Gasteiger partial charge < -0.3 is 5.32 Å². The molecule has 3 nitrogen and oxygen atoms in total. The predicted octanol–water partition coefficient (Wildman–Crippen LogP) is 3.96. The number of amides is 1. The lowest BCUT2D eigenvalue weighted by atomic mass is 9.99. The lowest BCUT2D eigenvalue weighted by Gasteiger charge is -2.31. The van der Waals surface area contributed by atoms with Crippen molar-refractivity contribution in [3.05, 3.63) is 30.1 Å². The molecule has 0 aromatic heterocycles. The molecule has 0 spiro atoms. The van der Waals surface area contributed by atoms with Crippen LogP contribution in [0.3, 0.4) is 0 Å². The van der Waals surface area contributed by atoms with Crippen LogP contribution >= 0.6 is 0 Å². The highest BCUT2D eigenvalue weighted by Crippen LogP contribution is 2.64. The first-order chi connectivity index (χ1) is 11.1. The summed E-state index contributed by atoms with van der Waals surface area (Å²) < 4.78 is 135. The van der Waals surface area contributed by atoms with Gasteiger partial charge in [-0.2, -0.15) is 39.5 Å². The first-order valence-electron chi connectivity index (χ1n) is 6.08. The molecule has 13 heteroatoms. The third-order valence-corrected chi connectivity index (χ3v) is 3.24. The second-order valence-electron chi connectivity index (χ2n) is 4.87. The van der Waals surface area contributed by atoms with Crippen molar-refractivity contribution in [3.8, 4) is 0 Å². The fraction of sp³-hybridized carbons (Fsp3) is 0.417. The number of alkyl halides is 9. The fourth-order valence-corrected chi connectivity index (χ4v) is 1.86. The van der Waals surface area contributed by atoms with Crippen molar-refractivity contribution >= 4 is 11.6 Å². The Kier molecular flexibility index (Phi) is 4.03. The summed E-state index contributed by atoms with van der Waals surface area (Å²) in [4.78, 5) is 11.3. The number of carbonyl (C=O) groups excluding carboxylic acids is 1. The third kappa shape index (κ3) is 2.35. The van der Waals surface area contributed by atoms with E-state index in [1.54, 1.807) is 0 Å². The first-order valence-corrected chi connectivity index (χ1v) is 6.08. The minimum absolute atomic E-state index is 0.613. The van der Waals surface area contributed by atoms with Crippen LogP contribution in [-0.2, 0) is 9.53 Å². The van der Waals surface area contributed by atoms with E-state index in [9.17, 15) is 48.7 Å². The minimum Gasteiger partial charge on any atom is -0.318 e. The zero-order valence-corrected chi connectivity index (χ0v) is 11.4. The van der Waals surface area contributed by atoms with E-state index in [0.717, 1.165) is 17.4 Å². The number of ether oxygens (including phenoxy) is 1. The van der Waals surface area contributed by atoms with Crippen LogP contribution in [0.2, 0.25) is 0 Å². The molecule has 1 heterocycles. The highest BCUT2D eigenvalue weighted by Gasteiger charge is 2.96. The molecule has 1 amide bonds. The van der Waals surface area contributed by atoms with E-state index in [1.807, 2.05) is 0 Å². The molecule has 1 fully saturated rings. The summed E-state index contributed by atoms with van der Waals surface area (Å²) in [7, 11) is 0. The quantitative estimate of drug-likeness (QED) is 0.801. The number of rotatable bonds is 3. The Labute approximate surface area is 131 Å². The van der Waals surface area contributed by atoms with Gasteiger partial charge in [0.25, 0.3) is 0 Å². The molecular formula is C12H5F10NO2. The van der Waals surface area contributed by atoms with Crippen LogP contribution in [0.1, 0.15) is 0 Å². The smallest absolute Gasteiger partial charge is 0.318 e. The van der Waals surface area contributed by atoms with E-state index in [1.165, 1.54) is 0 Å². The monoisotopic (exact) mass is 385 g/mol. The number of hydrogen-bond donors (Lipinski definition) is 1. The van der Waals surface area contributed by atoms with E-state index in [2.05, 4.69) is 4.74 Å². The number of benzene rings is 1. The summed E-state index contributed by atoms with van der Waals surface area (Å²) >= 11 is 0. The number of carbonyl (C=O) groups is 1. The molecule has 140 valence electrons. The van der Waals surface area contributed by atoms with E-state index in [4.69, 9.17) is 0 Å². The lowest BCUT2D eigenvalue weighted by molar-refractivity contribution is -0.366. The molecule has 2 rings (SSSR count). The van der Waals surface area contributed by atoms with Gasteiger partial charge >= 0.3 is 35.6 Å².